The van der Waals surface area contributed by atoms with Crippen LogP contribution in [0.3, 0.4) is 0 Å². The molecule has 456 valence electrons. The predicted octanol–water partition coefficient (Wildman–Crippen LogP) is 22.6. The van der Waals surface area contributed by atoms with Crippen LogP contribution in [-0.4, -0.2) is 37.2 Å². The molecule has 1 atom stereocenters. The van der Waals surface area contributed by atoms with Gasteiger partial charge in [-0.2, -0.15) is 0 Å². The van der Waals surface area contributed by atoms with Crippen LogP contribution >= 0.6 is 0 Å². The van der Waals surface area contributed by atoms with Gasteiger partial charge in [0.15, 0.2) is 6.10 Å². The van der Waals surface area contributed by atoms with Crippen molar-refractivity contribution in [3.8, 4) is 0 Å². The van der Waals surface area contributed by atoms with Crippen molar-refractivity contribution in [2.24, 2.45) is 0 Å². The normalized spacial score (nSPS) is 13.5. The average Bonchev–Trinajstić information content (AvgIpc) is 3.47. The molecular formula is C76H116O6. The molecule has 6 heteroatoms. The van der Waals surface area contributed by atoms with Crippen LogP contribution in [0.2, 0.25) is 0 Å². The molecule has 0 aliphatic carbocycles. The molecule has 82 heavy (non-hydrogen) atoms. The van der Waals surface area contributed by atoms with E-state index in [1.54, 1.807) is 0 Å². The lowest BCUT2D eigenvalue weighted by Gasteiger charge is -2.18. The van der Waals surface area contributed by atoms with Crippen LogP contribution < -0.4 is 0 Å². The molecule has 0 radical (unpaired) electrons. The van der Waals surface area contributed by atoms with E-state index in [-0.39, 0.29) is 37.5 Å². The van der Waals surface area contributed by atoms with Crippen molar-refractivity contribution in [3.05, 3.63) is 194 Å². The first-order chi connectivity index (χ1) is 40.5. The van der Waals surface area contributed by atoms with Gasteiger partial charge in [0.1, 0.15) is 13.2 Å². The van der Waals surface area contributed by atoms with Crippen molar-refractivity contribution >= 4 is 17.9 Å². The zero-order valence-electron chi connectivity index (χ0n) is 52.2. The van der Waals surface area contributed by atoms with E-state index in [2.05, 4.69) is 215 Å². The molecule has 0 saturated carbocycles. The van der Waals surface area contributed by atoms with E-state index in [1.165, 1.54) is 25.7 Å². The molecule has 0 spiro atoms. The van der Waals surface area contributed by atoms with E-state index in [4.69, 9.17) is 14.2 Å². The van der Waals surface area contributed by atoms with Gasteiger partial charge in [-0.3, -0.25) is 14.4 Å². The Morgan fingerprint density at radius 3 is 0.793 bits per heavy atom. The van der Waals surface area contributed by atoms with Gasteiger partial charge in [0.05, 0.1) is 0 Å². The predicted molar refractivity (Wildman–Crippen MR) is 357 cm³/mol. The Labute approximate surface area is 503 Å². The summed E-state index contributed by atoms with van der Waals surface area (Å²) >= 11 is 0. The van der Waals surface area contributed by atoms with Gasteiger partial charge in [-0.25, -0.2) is 0 Å². The van der Waals surface area contributed by atoms with Gasteiger partial charge >= 0.3 is 17.9 Å². The summed E-state index contributed by atoms with van der Waals surface area (Å²) in [6, 6.07) is 0. The number of hydrogen-bond donors (Lipinski definition) is 0. The van der Waals surface area contributed by atoms with Crippen molar-refractivity contribution in [2.75, 3.05) is 13.2 Å². The SMILES string of the molecule is CC/C=C\C/C=C\C/C=C\C/C=C\C/C=C\C/C=C\C/C=C\C/C=C\CCCCCCCCC(=O)OCC(COC(=O)CCCCCCC/C=C\CCC)OC(=O)CCC/C=C\C/C=C\C/C=C\C/C=C\C/C=C\C/C=C\C/C=C\CC. The number of rotatable bonds is 56. The molecule has 0 rings (SSSR count). The lowest BCUT2D eigenvalue weighted by molar-refractivity contribution is -0.167. The topological polar surface area (TPSA) is 78.9 Å². The number of allylic oxidation sites excluding steroid dienone is 32. The summed E-state index contributed by atoms with van der Waals surface area (Å²) in [5, 5.41) is 0. The van der Waals surface area contributed by atoms with E-state index >= 15 is 0 Å². The van der Waals surface area contributed by atoms with E-state index in [0.29, 0.717) is 19.3 Å². The Morgan fingerprint density at radius 1 is 0.256 bits per heavy atom. The van der Waals surface area contributed by atoms with Crippen LogP contribution in [0.1, 0.15) is 245 Å². The lowest BCUT2D eigenvalue weighted by atomic mass is 10.1. The van der Waals surface area contributed by atoms with Gasteiger partial charge in [-0.05, 0) is 154 Å². The summed E-state index contributed by atoms with van der Waals surface area (Å²) in [7, 11) is 0. The fourth-order valence-corrected chi connectivity index (χ4v) is 8.04. The third-order valence-corrected chi connectivity index (χ3v) is 12.8. The molecule has 0 aromatic heterocycles. The highest BCUT2D eigenvalue weighted by Crippen LogP contribution is 2.13. The first-order valence-corrected chi connectivity index (χ1v) is 32.4. The maximum absolute atomic E-state index is 12.9. The summed E-state index contributed by atoms with van der Waals surface area (Å²) in [6.07, 6.45) is 103. The Bertz CT molecular complexity index is 1970. The van der Waals surface area contributed by atoms with Gasteiger partial charge in [-0.15, -0.1) is 0 Å². The number of esters is 3. The molecule has 0 aliphatic heterocycles. The van der Waals surface area contributed by atoms with Gasteiger partial charge in [0.25, 0.3) is 0 Å². The molecule has 1 unspecified atom stereocenters. The summed E-state index contributed by atoms with van der Waals surface area (Å²) < 4.78 is 16.8. The monoisotopic (exact) mass is 1120 g/mol. The fraction of sp³-hybridized carbons (Fsp3) is 0.539. The third-order valence-electron chi connectivity index (χ3n) is 12.8. The Kier molecular flexibility index (Phi) is 63.0. The summed E-state index contributed by atoms with van der Waals surface area (Å²) in [5.41, 5.74) is 0. The Balaban J connectivity index is 4.41. The van der Waals surface area contributed by atoms with Gasteiger partial charge in [0.2, 0.25) is 0 Å². The van der Waals surface area contributed by atoms with Gasteiger partial charge < -0.3 is 14.2 Å². The molecule has 0 aliphatic rings. The van der Waals surface area contributed by atoms with Gasteiger partial charge in [-0.1, -0.05) is 267 Å². The molecule has 0 bridgehead atoms. The molecule has 0 amide bonds. The minimum Gasteiger partial charge on any atom is -0.462 e. The minimum atomic E-state index is -0.830. The molecule has 0 N–H and O–H groups in total. The number of unbranched alkanes of at least 4 members (excludes halogenated alkanes) is 13. The highest BCUT2D eigenvalue weighted by atomic mass is 16.6. The first-order valence-electron chi connectivity index (χ1n) is 32.4. The molecule has 0 saturated heterocycles. The average molecular weight is 1130 g/mol. The van der Waals surface area contributed by atoms with Crippen molar-refractivity contribution in [2.45, 2.75) is 252 Å². The minimum absolute atomic E-state index is 0.120. The summed E-state index contributed by atoms with van der Waals surface area (Å²) in [5.74, 6) is -1.02. The Morgan fingerprint density at radius 2 is 0.488 bits per heavy atom. The fourth-order valence-electron chi connectivity index (χ4n) is 8.04. The van der Waals surface area contributed by atoms with Crippen molar-refractivity contribution in [3.63, 3.8) is 0 Å². The molecule has 0 heterocycles. The largest absolute Gasteiger partial charge is 0.462 e. The van der Waals surface area contributed by atoms with Crippen LogP contribution in [0.15, 0.2) is 194 Å². The summed E-state index contributed by atoms with van der Waals surface area (Å²) in [6.45, 7) is 6.26. The van der Waals surface area contributed by atoms with E-state index < -0.39 is 6.10 Å². The summed E-state index contributed by atoms with van der Waals surface area (Å²) in [4.78, 5) is 38.2. The van der Waals surface area contributed by atoms with E-state index in [0.717, 1.165) is 173 Å². The second-order valence-corrected chi connectivity index (χ2v) is 20.5. The van der Waals surface area contributed by atoms with Crippen LogP contribution in [-0.2, 0) is 28.6 Å². The van der Waals surface area contributed by atoms with E-state index in [1.807, 2.05) is 0 Å². The van der Waals surface area contributed by atoms with Crippen LogP contribution in [0, 0.1) is 0 Å². The zero-order valence-corrected chi connectivity index (χ0v) is 52.2. The van der Waals surface area contributed by atoms with Crippen LogP contribution in [0.25, 0.3) is 0 Å². The van der Waals surface area contributed by atoms with E-state index in [9.17, 15) is 14.4 Å². The maximum Gasteiger partial charge on any atom is 0.306 e. The Hall–Kier alpha value is -5.75. The van der Waals surface area contributed by atoms with Crippen LogP contribution in [0.4, 0.5) is 0 Å². The standard InChI is InChI=1S/C76H116O6/c1-4-7-10-13-16-19-22-24-26-28-30-32-34-35-36-37-38-39-40-41-43-44-46-48-50-52-54-57-60-63-66-69-75(78)81-72-73(71-80-74(77)68-65-62-59-56-21-18-15-12-9-6-3)82-76(79)70-67-64-61-58-55-53-51-49-47-45-42-33-31-29-27-25-23-20-17-14-11-8-5-2/h7-8,10-12,15-17,19-20,24-27,30-33,35-36,38-39,41,43,45-48,51,53,58,61,73H,4-6,9,13-14,18,21-23,28-29,34,37,40,42,44,49-50,52,54-57,59-60,62-72H2,1-3H3/b10-7-,11-8-,15-12-,19-16-,20-17-,26-24-,27-25-,32-30-,33-31-,36-35-,39-38-,43-41-,47-45-,48-46-,53-51-,61-58-. The smallest absolute Gasteiger partial charge is 0.306 e. The quantitative estimate of drug-likeness (QED) is 0.0261. The lowest BCUT2D eigenvalue weighted by Crippen LogP contribution is -2.30. The number of ether oxygens (including phenoxy) is 3. The first kappa shape index (κ1) is 76.2. The molecule has 0 aromatic rings. The van der Waals surface area contributed by atoms with Crippen molar-refractivity contribution in [1.29, 1.82) is 0 Å². The third kappa shape index (κ3) is 65.1. The number of carbonyl (C=O) groups is 3. The second-order valence-electron chi connectivity index (χ2n) is 20.5. The van der Waals surface area contributed by atoms with Crippen molar-refractivity contribution in [1.82, 2.24) is 0 Å². The highest BCUT2D eigenvalue weighted by Gasteiger charge is 2.19. The highest BCUT2D eigenvalue weighted by molar-refractivity contribution is 5.71. The van der Waals surface area contributed by atoms with Gasteiger partial charge in [0, 0.05) is 19.3 Å². The molecule has 0 fully saturated rings. The molecule has 6 nitrogen and oxygen atoms in total. The van der Waals surface area contributed by atoms with Crippen LogP contribution in [0.5, 0.6) is 0 Å². The number of carbonyl (C=O) groups excluding carboxylic acids is 3. The molecule has 0 aromatic carbocycles. The molecular weight excluding hydrogens is 1010 g/mol. The maximum atomic E-state index is 12.9. The number of hydrogen-bond acceptors (Lipinski definition) is 6. The second kappa shape index (κ2) is 67.8. The zero-order chi connectivity index (χ0) is 59.2. The van der Waals surface area contributed by atoms with Crippen molar-refractivity contribution < 1.29 is 28.6 Å².